The van der Waals surface area contributed by atoms with Crippen LogP contribution in [0, 0.1) is 34.6 Å². The fourth-order valence-electron chi connectivity index (χ4n) is 3.05. The first kappa shape index (κ1) is 22.7. The first-order chi connectivity index (χ1) is 11.9. The van der Waals surface area contributed by atoms with Crippen molar-refractivity contribution in [2.45, 2.75) is 54.4 Å². The van der Waals surface area contributed by atoms with Gasteiger partial charge in [-0.15, -0.1) is 40.6 Å². The molecule has 0 aliphatic rings. The zero-order valence-electron chi connectivity index (χ0n) is 16.1. The van der Waals surface area contributed by atoms with Gasteiger partial charge in [0.15, 0.2) is 0 Å². The van der Waals surface area contributed by atoms with E-state index in [9.17, 15) is 0 Å². The first-order valence-electron chi connectivity index (χ1n) is 8.67. The van der Waals surface area contributed by atoms with Crippen molar-refractivity contribution in [3.05, 3.63) is 69.8 Å². The summed E-state index contributed by atoms with van der Waals surface area (Å²) < 4.78 is 0. The summed E-state index contributed by atoms with van der Waals surface area (Å²) >= 11 is -0.826. The van der Waals surface area contributed by atoms with Gasteiger partial charge in [0.1, 0.15) is 0 Å². The van der Waals surface area contributed by atoms with Crippen LogP contribution in [-0.4, -0.2) is 0 Å². The van der Waals surface area contributed by atoms with Crippen LogP contribution in [0.2, 0.25) is 0 Å². The number of halogens is 2. The van der Waals surface area contributed by atoms with E-state index in [0.717, 1.165) is 0 Å². The molecule has 0 fully saturated rings. The van der Waals surface area contributed by atoms with Crippen LogP contribution in [0.4, 0.5) is 0 Å². The van der Waals surface area contributed by atoms with Crippen LogP contribution in [0.3, 0.4) is 0 Å². The number of rotatable bonds is 2. The third-order valence-electron chi connectivity index (χ3n) is 5.03. The van der Waals surface area contributed by atoms with E-state index < -0.39 is 20.8 Å². The van der Waals surface area contributed by atoms with E-state index in [0.29, 0.717) is 0 Å². The molecule has 0 atom stereocenters. The summed E-state index contributed by atoms with van der Waals surface area (Å²) in [4.78, 5) is 0. The minimum absolute atomic E-state index is 0.826. The molecule has 0 aromatic heterocycles. The Labute approximate surface area is 171 Å². The number of hydrogen-bond donors (Lipinski definition) is 0. The molecule has 0 saturated heterocycles. The van der Waals surface area contributed by atoms with Gasteiger partial charge in [-0.2, -0.15) is 33.9 Å². The molecule has 0 aliphatic carbocycles. The van der Waals surface area contributed by atoms with E-state index >= 15 is 0 Å². The molecule has 134 valence electrons. The molecule has 0 N–H and O–H groups in total. The van der Waals surface area contributed by atoms with Crippen molar-refractivity contribution in [3.8, 4) is 0 Å². The van der Waals surface area contributed by atoms with Gasteiger partial charge in [0.05, 0.1) is 0 Å². The van der Waals surface area contributed by atoms with Gasteiger partial charge in [0.2, 0.25) is 0 Å². The third-order valence-corrected chi connectivity index (χ3v) is 5.03. The SMILES string of the molecule is CCCc1cc2ccccc2[cH-]1.Cc1c(C)c(C)[c-](C)c1C.[Cl][Zr+2][Cl]. The normalized spacial score (nSPS) is 9.76. The predicted octanol–water partition coefficient (Wildman–Crippen LogP) is 7.84. The zero-order chi connectivity index (χ0) is 19.0. The minimum atomic E-state index is -0.826. The number of aryl methyl sites for hydroxylation is 1. The summed E-state index contributed by atoms with van der Waals surface area (Å²) in [6.45, 7) is 13.2. The summed E-state index contributed by atoms with van der Waals surface area (Å²) in [7, 11) is 9.87. The second kappa shape index (κ2) is 11.4. The Kier molecular flexibility index (Phi) is 10.3. The van der Waals surface area contributed by atoms with E-state index in [1.165, 1.54) is 57.0 Å². The quantitative estimate of drug-likeness (QED) is 0.346. The fraction of sp³-hybridized carbons (Fsp3) is 0.364. The van der Waals surface area contributed by atoms with E-state index in [4.69, 9.17) is 17.0 Å². The molecular formula is C22H28Cl2Zr. The first-order valence-corrected chi connectivity index (χ1v) is 15.0. The molecule has 0 radical (unpaired) electrons. The van der Waals surface area contributed by atoms with Gasteiger partial charge in [-0.1, -0.05) is 54.0 Å². The Balaban J connectivity index is 0.000000220. The Morgan fingerprint density at radius 2 is 1.52 bits per heavy atom. The van der Waals surface area contributed by atoms with Crippen LogP contribution in [0.25, 0.3) is 10.8 Å². The standard InChI is InChI=1S/C12H13.C10H15.2ClH.Zr/c1-2-5-10-8-11-6-3-4-7-12(11)9-10;1-6-7(2)9(4)10(5)8(6)3;;;/h3-4,6-9H,2,5H2,1H3;1-5H3;2*1H;/q2*-1;;;+4/p-2. The van der Waals surface area contributed by atoms with Crippen LogP contribution in [0.1, 0.15) is 46.7 Å². The molecule has 0 nitrogen and oxygen atoms in total. The van der Waals surface area contributed by atoms with Crippen LogP contribution >= 0.6 is 17.0 Å². The predicted molar refractivity (Wildman–Crippen MR) is 111 cm³/mol. The second-order valence-electron chi connectivity index (χ2n) is 6.44. The van der Waals surface area contributed by atoms with Crippen molar-refractivity contribution in [2.75, 3.05) is 0 Å². The molecule has 0 saturated carbocycles. The van der Waals surface area contributed by atoms with Crippen LogP contribution in [0.5, 0.6) is 0 Å². The van der Waals surface area contributed by atoms with E-state index in [-0.39, 0.29) is 0 Å². The van der Waals surface area contributed by atoms with Crippen molar-refractivity contribution in [1.29, 1.82) is 0 Å². The average molecular weight is 455 g/mol. The molecule has 3 rings (SSSR count). The van der Waals surface area contributed by atoms with Gasteiger partial charge in [-0.25, -0.2) is 0 Å². The molecule has 3 aromatic rings. The molecule has 0 bridgehead atoms. The van der Waals surface area contributed by atoms with Crippen LogP contribution in [-0.2, 0) is 27.3 Å². The van der Waals surface area contributed by atoms with Gasteiger partial charge in [-0.3, -0.25) is 0 Å². The Bertz CT molecular complexity index is 667. The van der Waals surface area contributed by atoms with Gasteiger partial charge in [0.25, 0.3) is 0 Å². The van der Waals surface area contributed by atoms with E-state index in [2.05, 4.69) is 77.9 Å². The summed E-state index contributed by atoms with van der Waals surface area (Å²) in [6, 6.07) is 13.1. The summed E-state index contributed by atoms with van der Waals surface area (Å²) in [6.07, 6.45) is 2.44. The number of benzene rings is 1. The van der Waals surface area contributed by atoms with Crippen molar-refractivity contribution in [3.63, 3.8) is 0 Å². The molecule has 3 heteroatoms. The Morgan fingerprint density at radius 3 is 1.92 bits per heavy atom. The average Bonchev–Trinajstić information content (AvgIpc) is 3.08. The van der Waals surface area contributed by atoms with Crippen molar-refractivity contribution in [1.82, 2.24) is 0 Å². The number of hydrogen-bond acceptors (Lipinski definition) is 0. The van der Waals surface area contributed by atoms with Gasteiger partial charge in [-0.05, 0) is 6.42 Å². The molecule has 3 aromatic carbocycles. The van der Waals surface area contributed by atoms with Gasteiger partial charge >= 0.3 is 37.9 Å². The summed E-state index contributed by atoms with van der Waals surface area (Å²) in [5, 5.41) is 2.75. The molecule has 25 heavy (non-hydrogen) atoms. The zero-order valence-corrected chi connectivity index (χ0v) is 20.1. The van der Waals surface area contributed by atoms with E-state index in [1.54, 1.807) is 0 Å². The Morgan fingerprint density at radius 1 is 1.00 bits per heavy atom. The van der Waals surface area contributed by atoms with Gasteiger partial charge < -0.3 is 0 Å². The fourth-order valence-corrected chi connectivity index (χ4v) is 3.05. The summed E-state index contributed by atoms with van der Waals surface area (Å²) in [5.41, 5.74) is 8.81. The van der Waals surface area contributed by atoms with Gasteiger partial charge in [0, 0.05) is 0 Å². The van der Waals surface area contributed by atoms with Crippen LogP contribution in [0.15, 0.2) is 36.4 Å². The molecule has 0 unspecified atom stereocenters. The Hall–Kier alpha value is -0.357. The second-order valence-corrected chi connectivity index (χ2v) is 10.2. The maximum atomic E-state index is 4.93. The number of fused-ring (bicyclic) bond motifs is 1. The molecule has 0 spiro atoms. The van der Waals surface area contributed by atoms with Crippen LogP contribution < -0.4 is 0 Å². The molecule has 0 amide bonds. The van der Waals surface area contributed by atoms with Crippen molar-refractivity contribution in [2.24, 2.45) is 0 Å². The topological polar surface area (TPSA) is 0 Å². The maximum absolute atomic E-state index is 4.93. The molecule has 0 heterocycles. The third kappa shape index (κ3) is 6.39. The monoisotopic (exact) mass is 452 g/mol. The van der Waals surface area contributed by atoms with Crippen molar-refractivity contribution >= 4 is 27.8 Å². The molecule has 0 aliphatic heterocycles. The molecular weight excluding hydrogens is 426 g/mol. The summed E-state index contributed by atoms with van der Waals surface area (Å²) in [5.74, 6) is 0. The van der Waals surface area contributed by atoms with Crippen molar-refractivity contribution < 1.29 is 20.8 Å². The van der Waals surface area contributed by atoms with E-state index in [1.807, 2.05) is 0 Å².